The normalized spacial score (nSPS) is 12.6. The maximum absolute atomic E-state index is 13.7. The Labute approximate surface area is 158 Å². The van der Waals surface area contributed by atoms with Gasteiger partial charge in [-0.25, -0.2) is 4.39 Å². The van der Waals surface area contributed by atoms with E-state index in [1.54, 1.807) is 4.68 Å². The number of fused-ring (bicyclic) bond motifs is 1. The molecule has 7 heteroatoms. The molecule has 1 aromatic heterocycles. The lowest BCUT2D eigenvalue weighted by Gasteiger charge is -2.29. The van der Waals surface area contributed by atoms with E-state index in [4.69, 9.17) is 5.26 Å². The highest BCUT2D eigenvalue weighted by atomic mass is 19.1. The summed E-state index contributed by atoms with van der Waals surface area (Å²) in [5.74, 6) is -1.01. The number of aryl methyl sites for hydroxylation is 1. The first-order valence-corrected chi connectivity index (χ1v) is 8.99. The average molecular weight is 372 g/mol. The third-order valence-electron chi connectivity index (χ3n) is 4.39. The smallest absolute Gasteiger partial charge is 0.273 e. The molecule has 0 aliphatic heterocycles. The molecule has 144 valence electrons. The van der Waals surface area contributed by atoms with Gasteiger partial charge in [-0.05, 0) is 43.4 Å². The van der Waals surface area contributed by atoms with Gasteiger partial charge in [0.15, 0.2) is 11.5 Å². The van der Waals surface area contributed by atoms with E-state index in [9.17, 15) is 14.0 Å². The van der Waals surface area contributed by atoms with Crippen molar-refractivity contribution < 1.29 is 14.0 Å². The molecule has 0 aliphatic carbocycles. The Kier molecular flexibility index (Phi) is 6.32. The lowest BCUT2D eigenvalue weighted by molar-refractivity contribution is -0.121. The SMILES string of the molecule is CC(=O)C(NC(=O)c1nn(CCCCC#N)c2cc(F)ccc12)C(C)(C)C. The van der Waals surface area contributed by atoms with Crippen LogP contribution in [0.1, 0.15) is 57.4 Å². The predicted molar refractivity (Wildman–Crippen MR) is 101 cm³/mol. The van der Waals surface area contributed by atoms with Gasteiger partial charge in [0.2, 0.25) is 0 Å². The Morgan fingerprint density at radius 3 is 2.63 bits per heavy atom. The quantitative estimate of drug-likeness (QED) is 0.752. The molecule has 27 heavy (non-hydrogen) atoms. The van der Waals surface area contributed by atoms with Crippen molar-refractivity contribution in [3.05, 3.63) is 29.7 Å². The molecule has 1 unspecified atom stereocenters. The van der Waals surface area contributed by atoms with E-state index in [0.717, 1.165) is 0 Å². The lowest BCUT2D eigenvalue weighted by atomic mass is 9.84. The fourth-order valence-electron chi connectivity index (χ4n) is 3.08. The van der Waals surface area contributed by atoms with Gasteiger partial charge in [0.05, 0.1) is 17.6 Å². The number of aromatic nitrogens is 2. The van der Waals surface area contributed by atoms with E-state index < -0.39 is 23.2 Å². The van der Waals surface area contributed by atoms with Crippen LogP contribution in [-0.4, -0.2) is 27.5 Å². The maximum atomic E-state index is 13.7. The molecular formula is C20H25FN4O2. The summed E-state index contributed by atoms with van der Waals surface area (Å²) in [6, 6.07) is 5.59. The van der Waals surface area contributed by atoms with E-state index in [0.29, 0.717) is 36.7 Å². The molecule has 1 amide bonds. The van der Waals surface area contributed by atoms with Crippen LogP contribution in [0, 0.1) is 22.6 Å². The molecule has 0 saturated carbocycles. The second-order valence-electron chi connectivity index (χ2n) is 7.73. The van der Waals surface area contributed by atoms with Gasteiger partial charge in [-0.3, -0.25) is 14.3 Å². The molecule has 6 nitrogen and oxygen atoms in total. The zero-order chi connectivity index (χ0) is 20.2. The third kappa shape index (κ3) is 4.91. The second-order valence-corrected chi connectivity index (χ2v) is 7.73. The molecule has 0 radical (unpaired) electrons. The Balaban J connectivity index is 2.35. The number of amides is 1. The van der Waals surface area contributed by atoms with E-state index in [2.05, 4.69) is 16.5 Å². The minimum Gasteiger partial charge on any atom is -0.340 e. The monoisotopic (exact) mass is 372 g/mol. The average Bonchev–Trinajstić information content (AvgIpc) is 2.93. The summed E-state index contributed by atoms with van der Waals surface area (Å²) in [5.41, 5.74) is 0.247. The van der Waals surface area contributed by atoms with Crippen molar-refractivity contribution in [3.8, 4) is 6.07 Å². The molecule has 2 rings (SSSR count). The van der Waals surface area contributed by atoms with Crippen LogP contribution in [0.5, 0.6) is 0 Å². The van der Waals surface area contributed by atoms with Crippen LogP contribution in [0.15, 0.2) is 18.2 Å². The van der Waals surface area contributed by atoms with Gasteiger partial charge in [0.1, 0.15) is 5.82 Å². The Morgan fingerprint density at radius 2 is 2.04 bits per heavy atom. The van der Waals surface area contributed by atoms with Crippen molar-refractivity contribution in [2.45, 2.75) is 59.5 Å². The van der Waals surface area contributed by atoms with Crippen molar-refractivity contribution in [1.82, 2.24) is 15.1 Å². The molecule has 1 heterocycles. The predicted octanol–water partition coefficient (Wildman–Crippen LogP) is 3.60. The molecule has 0 bridgehead atoms. The lowest BCUT2D eigenvalue weighted by Crippen LogP contribution is -2.48. The van der Waals surface area contributed by atoms with Gasteiger partial charge in [-0.15, -0.1) is 0 Å². The van der Waals surface area contributed by atoms with Crippen molar-refractivity contribution in [1.29, 1.82) is 5.26 Å². The minimum absolute atomic E-state index is 0.137. The standard InChI is InChI=1S/C20H25FN4O2/c1-13(26)18(20(2,3)4)23-19(27)17-15-9-8-14(21)12-16(15)25(24-17)11-7-5-6-10-22/h8-9,12,18H,5-7,11H2,1-4H3,(H,23,27). The molecule has 2 aromatic rings. The zero-order valence-electron chi connectivity index (χ0n) is 16.2. The third-order valence-corrected chi connectivity index (χ3v) is 4.39. The molecule has 0 aliphatic rings. The molecular weight excluding hydrogens is 347 g/mol. The Hall–Kier alpha value is -2.75. The second kappa shape index (κ2) is 8.30. The number of ketones is 1. The van der Waals surface area contributed by atoms with Crippen LogP contribution < -0.4 is 5.32 Å². The summed E-state index contributed by atoms with van der Waals surface area (Å²) in [6.07, 6.45) is 1.83. The summed E-state index contributed by atoms with van der Waals surface area (Å²) in [4.78, 5) is 24.8. The van der Waals surface area contributed by atoms with E-state index in [1.165, 1.54) is 25.1 Å². The van der Waals surface area contributed by atoms with Gasteiger partial charge >= 0.3 is 0 Å². The minimum atomic E-state index is -0.652. The number of halogens is 1. The van der Waals surface area contributed by atoms with E-state index in [1.807, 2.05) is 20.8 Å². The first-order chi connectivity index (χ1) is 12.6. The van der Waals surface area contributed by atoms with E-state index >= 15 is 0 Å². The maximum Gasteiger partial charge on any atom is 0.273 e. The Bertz CT molecular complexity index is 890. The highest BCUT2D eigenvalue weighted by Crippen LogP contribution is 2.23. The van der Waals surface area contributed by atoms with Crippen molar-refractivity contribution in [2.24, 2.45) is 5.41 Å². The van der Waals surface area contributed by atoms with Crippen LogP contribution in [0.3, 0.4) is 0 Å². The number of carbonyl (C=O) groups is 2. The van der Waals surface area contributed by atoms with Crippen LogP contribution in [0.25, 0.3) is 10.9 Å². The first-order valence-electron chi connectivity index (χ1n) is 8.99. The number of benzene rings is 1. The van der Waals surface area contributed by atoms with Gasteiger partial charge in [-0.1, -0.05) is 20.8 Å². The fourth-order valence-corrected chi connectivity index (χ4v) is 3.08. The first kappa shape index (κ1) is 20.6. The number of hydrogen-bond donors (Lipinski definition) is 1. The van der Waals surface area contributed by atoms with Crippen molar-refractivity contribution in [2.75, 3.05) is 0 Å². The number of rotatable bonds is 7. The van der Waals surface area contributed by atoms with E-state index in [-0.39, 0.29) is 11.5 Å². The fraction of sp³-hybridized carbons (Fsp3) is 0.500. The number of Topliss-reactive ketones (excluding diaryl/α,β-unsaturated/α-hetero) is 1. The number of nitrogens with zero attached hydrogens (tertiary/aromatic N) is 3. The molecule has 0 fully saturated rings. The van der Waals surface area contributed by atoms with Crippen LogP contribution in [-0.2, 0) is 11.3 Å². The van der Waals surface area contributed by atoms with Gasteiger partial charge in [0.25, 0.3) is 5.91 Å². The molecule has 1 N–H and O–H groups in total. The number of hydrogen-bond acceptors (Lipinski definition) is 4. The molecule has 0 spiro atoms. The summed E-state index contributed by atoms with van der Waals surface area (Å²) < 4.78 is 15.3. The summed E-state index contributed by atoms with van der Waals surface area (Å²) >= 11 is 0. The number of nitriles is 1. The van der Waals surface area contributed by atoms with Crippen molar-refractivity contribution >= 4 is 22.6 Å². The largest absolute Gasteiger partial charge is 0.340 e. The summed E-state index contributed by atoms with van der Waals surface area (Å²) in [5, 5.41) is 16.3. The number of unbranched alkanes of at least 4 members (excludes halogenated alkanes) is 2. The van der Waals surface area contributed by atoms with Crippen molar-refractivity contribution in [3.63, 3.8) is 0 Å². The van der Waals surface area contributed by atoms with Gasteiger partial charge < -0.3 is 5.32 Å². The zero-order valence-corrected chi connectivity index (χ0v) is 16.2. The van der Waals surface area contributed by atoms with Crippen LogP contribution in [0.4, 0.5) is 4.39 Å². The van der Waals surface area contributed by atoms with Crippen LogP contribution >= 0.6 is 0 Å². The van der Waals surface area contributed by atoms with Crippen LogP contribution in [0.2, 0.25) is 0 Å². The number of nitrogens with one attached hydrogen (secondary N) is 1. The molecule has 1 aromatic carbocycles. The highest BCUT2D eigenvalue weighted by Gasteiger charge is 2.31. The molecule has 0 saturated heterocycles. The van der Waals surface area contributed by atoms with Gasteiger partial charge in [-0.2, -0.15) is 10.4 Å². The van der Waals surface area contributed by atoms with Gasteiger partial charge in [0, 0.05) is 18.4 Å². The Morgan fingerprint density at radius 1 is 1.33 bits per heavy atom. The topological polar surface area (TPSA) is 87.8 Å². The summed E-state index contributed by atoms with van der Waals surface area (Å²) in [6.45, 7) is 7.55. The highest BCUT2D eigenvalue weighted by molar-refractivity contribution is 6.06. The number of carbonyl (C=O) groups excluding carboxylic acids is 2. The summed E-state index contributed by atoms with van der Waals surface area (Å²) in [7, 11) is 0. The molecule has 1 atom stereocenters.